The Bertz CT molecular complexity index is 1460. The van der Waals surface area contributed by atoms with Gasteiger partial charge in [-0.15, -0.1) is 0 Å². The molecule has 0 atom stereocenters. The first-order valence-electron chi connectivity index (χ1n) is 14.0. The zero-order valence-electron chi connectivity index (χ0n) is 23.1. The van der Waals surface area contributed by atoms with Gasteiger partial charge in [0.1, 0.15) is 18.2 Å². The largest absolute Gasteiger partial charge is 0.508 e. The van der Waals surface area contributed by atoms with E-state index in [1.807, 2.05) is 29.2 Å². The van der Waals surface area contributed by atoms with E-state index >= 15 is 0 Å². The van der Waals surface area contributed by atoms with Crippen molar-refractivity contribution in [2.75, 3.05) is 62.7 Å². The lowest BCUT2D eigenvalue weighted by Gasteiger charge is -2.38. The van der Waals surface area contributed by atoms with Gasteiger partial charge in [-0.3, -0.25) is 4.79 Å². The summed E-state index contributed by atoms with van der Waals surface area (Å²) in [5.74, 6) is 1.12. The summed E-state index contributed by atoms with van der Waals surface area (Å²) < 4.78 is 6.22. The van der Waals surface area contributed by atoms with E-state index in [9.17, 15) is 9.90 Å². The van der Waals surface area contributed by atoms with Crippen LogP contribution < -0.4 is 14.5 Å². The number of amides is 1. The monoisotopic (exact) mass is 540 g/mol. The lowest BCUT2D eigenvalue weighted by Crippen LogP contribution is -2.49. The quantitative estimate of drug-likeness (QED) is 0.474. The summed E-state index contributed by atoms with van der Waals surface area (Å²) in [6.45, 7) is 9.17. The molecule has 1 amide bonds. The summed E-state index contributed by atoms with van der Waals surface area (Å²) in [4.78, 5) is 30.6. The molecule has 9 heteroatoms. The van der Waals surface area contributed by atoms with Crippen LogP contribution in [0.1, 0.15) is 24.1 Å². The third kappa shape index (κ3) is 5.28. The van der Waals surface area contributed by atoms with Gasteiger partial charge in [0, 0.05) is 75.2 Å². The number of ether oxygens (including phenoxy) is 1. The van der Waals surface area contributed by atoms with E-state index in [1.54, 1.807) is 6.07 Å². The molecule has 0 aliphatic carbocycles. The first-order valence-corrected chi connectivity index (χ1v) is 14.0. The predicted molar refractivity (Wildman–Crippen MR) is 157 cm³/mol. The highest BCUT2D eigenvalue weighted by Gasteiger charge is 2.29. The Labute approximate surface area is 235 Å². The Hall–Kier alpha value is -4.27. The summed E-state index contributed by atoms with van der Waals surface area (Å²) in [7, 11) is 2.09. The smallest absolute Gasteiger partial charge is 0.318 e. The molecule has 3 aliphatic heterocycles. The van der Waals surface area contributed by atoms with Gasteiger partial charge in [-0.05, 0) is 42.4 Å². The fourth-order valence-corrected chi connectivity index (χ4v) is 5.99. The molecule has 208 valence electrons. The van der Waals surface area contributed by atoms with Crippen molar-refractivity contribution in [2.24, 2.45) is 0 Å². The molecule has 1 aromatic heterocycles. The number of carbonyl (C=O) groups is 1. The van der Waals surface area contributed by atoms with Gasteiger partial charge < -0.3 is 29.4 Å². The minimum absolute atomic E-state index is 0.0342. The maximum Gasteiger partial charge on any atom is 0.318 e. The fraction of sp³-hybridized carbons (Fsp3) is 0.387. The number of fused-ring (bicyclic) bond motifs is 2. The van der Waals surface area contributed by atoms with E-state index in [0.717, 1.165) is 65.9 Å². The number of aromatic nitrogens is 2. The third-order valence-corrected chi connectivity index (χ3v) is 8.05. The summed E-state index contributed by atoms with van der Waals surface area (Å²) in [6.07, 6.45) is 6.44. The molecular formula is C31H36N6O3. The molecule has 0 saturated carbocycles. The SMILES string of the molecule is C=CC(=O)N1CCN(c2nc(OCC3=CN(C)CCC3)nc3c2CCN(c2cc(O)cc4ccccc24)C3)CC1. The molecule has 4 heterocycles. The van der Waals surface area contributed by atoms with Crippen LogP contribution in [0.2, 0.25) is 0 Å². The second kappa shape index (κ2) is 11.1. The van der Waals surface area contributed by atoms with Gasteiger partial charge in [-0.2, -0.15) is 9.97 Å². The number of aromatic hydroxyl groups is 1. The van der Waals surface area contributed by atoms with Crippen LogP contribution in [-0.2, 0) is 17.8 Å². The Kier molecular flexibility index (Phi) is 7.19. The predicted octanol–water partition coefficient (Wildman–Crippen LogP) is 3.72. The first kappa shape index (κ1) is 26.0. The van der Waals surface area contributed by atoms with Crippen molar-refractivity contribution >= 4 is 28.2 Å². The van der Waals surface area contributed by atoms with Gasteiger partial charge in [0.05, 0.1) is 12.2 Å². The molecule has 0 bridgehead atoms. The van der Waals surface area contributed by atoms with Crippen molar-refractivity contribution in [1.29, 1.82) is 0 Å². The lowest BCUT2D eigenvalue weighted by atomic mass is 10.0. The van der Waals surface area contributed by atoms with E-state index in [0.29, 0.717) is 45.3 Å². The molecule has 0 radical (unpaired) electrons. The summed E-state index contributed by atoms with van der Waals surface area (Å²) >= 11 is 0. The highest BCUT2D eigenvalue weighted by Crippen LogP contribution is 2.36. The number of carbonyl (C=O) groups excluding carboxylic acids is 1. The highest BCUT2D eigenvalue weighted by molar-refractivity contribution is 5.95. The number of hydrogen-bond acceptors (Lipinski definition) is 8. The molecule has 3 aromatic rings. The molecule has 9 nitrogen and oxygen atoms in total. The third-order valence-electron chi connectivity index (χ3n) is 8.05. The summed E-state index contributed by atoms with van der Waals surface area (Å²) in [5, 5.41) is 12.6. The zero-order valence-corrected chi connectivity index (χ0v) is 23.1. The second-order valence-corrected chi connectivity index (χ2v) is 10.8. The number of rotatable bonds is 6. The average Bonchev–Trinajstić information content (AvgIpc) is 2.98. The van der Waals surface area contributed by atoms with Gasteiger partial charge in [0.15, 0.2) is 0 Å². The maximum absolute atomic E-state index is 12.2. The highest BCUT2D eigenvalue weighted by atomic mass is 16.5. The van der Waals surface area contributed by atoms with E-state index in [4.69, 9.17) is 14.7 Å². The average molecular weight is 541 g/mol. The number of benzene rings is 2. The molecule has 1 N–H and O–H groups in total. The number of phenolic OH excluding ortho intramolecular Hbond substituents is 1. The van der Waals surface area contributed by atoms with Gasteiger partial charge in [-0.25, -0.2) is 0 Å². The molecule has 0 spiro atoms. The minimum Gasteiger partial charge on any atom is -0.508 e. The minimum atomic E-state index is -0.0342. The van der Waals surface area contributed by atoms with Gasteiger partial charge >= 0.3 is 6.01 Å². The normalized spacial score (nSPS) is 17.5. The van der Waals surface area contributed by atoms with Crippen molar-refractivity contribution in [2.45, 2.75) is 25.8 Å². The lowest BCUT2D eigenvalue weighted by molar-refractivity contribution is -0.126. The Morgan fingerprint density at radius 2 is 1.88 bits per heavy atom. The maximum atomic E-state index is 12.2. The van der Waals surface area contributed by atoms with Crippen molar-refractivity contribution in [1.82, 2.24) is 19.8 Å². The van der Waals surface area contributed by atoms with Crippen LogP contribution in [0, 0.1) is 0 Å². The molecule has 0 unspecified atom stereocenters. The van der Waals surface area contributed by atoms with Crippen molar-refractivity contribution < 1.29 is 14.6 Å². The van der Waals surface area contributed by atoms with Crippen LogP contribution in [0.5, 0.6) is 11.8 Å². The number of nitrogens with zero attached hydrogens (tertiary/aromatic N) is 6. The van der Waals surface area contributed by atoms with Gasteiger partial charge in [0.25, 0.3) is 0 Å². The zero-order chi connectivity index (χ0) is 27.6. The van der Waals surface area contributed by atoms with Crippen LogP contribution >= 0.6 is 0 Å². The van der Waals surface area contributed by atoms with E-state index in [-0.39, 0.29) is 11.7 Å². The van der Waals surface area contributed by atoms with Crippen LogP contribution in [0.3, 0.4) is 0 Å². The Morgan fingerprint density at radius 1 is 1.05 bits per heavy atom. The van der Waals surface area contributed by atoms with Gasteiger partial charge in [-0.1, -0.05) is 30.8 Å². The number of hydrogen-bond donors (Lipinski definition) is 1. The van der Waals surface area contributed by atoms with Gasteiger partial charge in [0.2, 0.25) is 5.91 Å². The van der Waals surface area contributed by atoms with E-state index < -0.39 is 0 Å². The second-order valence-electron chi connectivity index (χ2n) is 10.8. The molecule has 3 aliphatic rings. The van der Waals surface area contributed by atoms with Crippen molar-refractivity contribution in [3.05, 3.63) is 72.1 Å². The first-order chi connectivity index (χ1) is 19.5. The van der Waals surface area contributed by atoms with Crippen LogP contribution in [0.4, 0.5) is 11.5 Å². The Balaban J connectivity index is 1.31. The van der Waals surface area contributed by atoms with E-state index in [1.165, 1.54) is 11.6 Å². The van der Waals surface area contributed by atoms with Crippen LogP contribution in [0.15, 0.2) is 60.8 Å². The number of anilines is 2. The molecule has 1 saturated heterocycles. The summed E-state index contributed by atoms with van der Waals surface area (Å²) in [6, 6.07) is 12.2. The molecule has 2 aromatic carbocycles. The number of phenols is 1. The number of piperazine rings is 1. The molecular weight excluding hydrogens is 504 g/mol. The van der Waals surface area contributed by atoms with Crippen molar-refractivity contribution in [3.63, 3.8) is 0 Å². The topological polar surface area (TPSA) is 85.3 Å². The summed E-state index contributed by atoms with van der Waals surface area (Å²) in [5.41, 5.74) is 4.31. The van der Waals surface area contributed by atoms with Crippen LogP contribution in [0.25, 0.3) is 10.8 Å². The molecule has 40 heavy (non-hydrogen) atoms. The molecule has 6 rings (SSSR count). The Morgan fingerprint density at radius 3 is 2.67 bits per heavy atom. The van der Waals surface area contributed by atoms with E-state index in [2.05, 4.69) is 40.6 Å². The standard InChI is InChI=1S/C31H36N6O3/c1-3-29(39)35-13-15-36(16-14-35)30-26-10-12-37(28-18-24(38)17-23-8-4-5-9-25(23)28)20-27(26)32-31(33-30)40-21-22-7-6-11-34(2)19-22/h3-5,8-9,17-19,38H,1,6-7,10-16,20-21H2,2H3. The fourth-order valence-electron chi connectivity index (χ4n) is 5.99. The molecule has 1 fully saturated rings. The van der Waals surface area contributed by atoms with Crippen molar-refractivity contribution in [3.8, 4) is 11.8 Å². The van der Waals surface area contributed by atoms with Crippen LogP contribution in [-0.4, -0.2) is 83.7 Å².